The van der Waals surface area contributed by atoms with E-state index in [2.05, 4.69) is 0 Å². The minimum absolute atomic E-state index is 0.241. The summed E-state index contributed by atoms with van der Waals surface area (Å²) in [5.74, 6) is 0. The van der Waals surface area contributed by atoms with Gasteiger partial charge in [-0.05, 0) is 33.1 Å². The zero-order chi connectivity index (χ0) is 7.61. The van der Waals surface area contributed by atoms with E-state index in [1.54, 1.807) is 0 Å². The van der Waals surface area contributed by atoms with Crippen molar-refractivity contribution < 1.29 is 9.84 Å². The van der Waals surface area contributed by atoms with Crippen molar-refractivity contribution in [1.29, 1.82) is 0 Å². The molecule has 0 aliphatic heterocycles. The molecule has 1 rings (SSSR count). The molecule has 0 aromatic heterocycles. The second kappa shape index (κ2) is 2.89. The molecule has 0 radical (unpaired) electrons. The molecule has 1 N–H and O–H groups in total. The van der Waals surface area contributed by atoms with E-state index in [0.29, 0.717) is 6.61 Å². The summed E-state index contributed by atoms with van der Waals surface area (Å²) in [6.07, 6.45) is 2.75. The van der Waals surface area contributed by atoms with Crippen LogP contribution in [-0.4, -0.2) is 23.4 Å². The molecule has 0 aromatic rings. The summed E-state index contributed by atoms with van der Waals surface area (Å²) in [5.41, 5.74) is -0.241. The Bertz CT molecular complexity index is 114. The molecule has 2 atom stereocenters. The summed E-state index contributed by atoms with van der Waals surface area (Å²) in [6, 6.07) is 0. The number of aliphatic hydroxyl groups excluding tert-OH is 1. The largest absolute Gasteiger partial charge is 0.390 e. The smallest absolute Gasteiger partial charge is 0.0912 e. The van der Waals surface area contributed by atoms with Crippen LogP contribution in [0, 0.1) is 0 Å². The zero-order valence-corrected chi connectivity index (χ0v) is 6.76. The maximum atomic E-state index is 9.45. The number of ether oxygens (including phenoxy) is 1. The van der Waals surface area contributed by atoms with Crippen LogP contribution in [0.15, 0.2) is 0 Å². The molecule has 2 unspecified atom stereocenters. The lowest BCUT2D eigenvalue weighted by molar-refractivity contribution is -0.0898. The highest BCUT2D eigenvalue weighted by Gasteiger charge is 2.37. The molecule has 10 heavy (non-hydrogen) atoms. The van der Waals surface area contributed by atoms with Gasteiger partial charge in [-0.25, -0.2) is 0 Å². The molecular formula is C8H16O2. The van der Waals surface area contributed by atoms with Gasteiger partial charge in [0.15, 0.2) is 0 Å². The number of hydrogen-bond donors (Lipinski definition) is 1. The first-order valence-corrected chi connectivity index (χ1v) is 4.01. The van der Waals surface area contributed by atoms with Gasteiger partial charge in [0, 0.05) is 6.61 Å². The van der Waals surface area contributed by atoms with Crippen LogP contribution < -0.4 is 0 Å². The summed E-state index contributed by atoms with van der Waals surface area (Å²) in [4.78, 5) is 0. The van der Waals surface area contributed by atoms with Crippen LogP contribution in [0.3, 0.4) is 0 Å². The van der Waals surface area contributed by atoms with Crippen LogP contribution in [0.4, 0.5) is 0 Å². The van der Waals surface area contributed by atoms with Crippen molar-refractivity contribution >= 4 is 0 Å². The Balaban J connectivity index is 2.48. The molecular weight excluding hydrogens is 128 g/mol. The average Bonchev–Trinajstić information content (AvgIpc) is 2.15. The minimum Gasteiger partial charge on any atom is -0.390 e. The zero-order valence-electron chi connectivity index (χ0n) is 6.76. The Labute approximate surface area is 62.2 Å². The first-order chi connectivity index (χ1) is 4.69. The summed E-state index contributed by atoms with van der Waals surface area (Å²) in [7, 11) is 0. The van der Waals surface area contributed by atoms with Crippen molar-refractivity contribution in [2.45, 2.75) is 44.8 Å². The van der Waals surface area contributed by atoms with E-state index < -0.39 is 0 Å². The molecule has 0 amide bonds. The molecule has 2 nitrogen and oxygen atoms in total. The fourth-order valence-electron chi connectivity index (χ4n) is 1.62. The normalized spacial score (nSPS) is 40.5. The summed E-state index contributed by atoms with van der Waals surface area (Å²) in [6.45, 7) is 4.66. The van der Waals surface area contributed by atoms with Crippen molar-refractivity contribution in [3.05, 3.63) is 0 Å². The lowest BCUT2D eigenvalue weighted by Gasteiger charge is -2.27. The lowest BCUT2D eigenvalue weighted by Crippen LogP contribution is -2.36. The lowest BCUT2D eigenvalue weighted by atomic mass is 10.0. The van der Waals surface area contributed by atoms with Crippen molar-refractivity contribution in [1.82, 2.24) is 0 Å². The van der Waals surface area contributed by atoms with Gasteiger partial charge in [0.05, 0.1) is 11.7 Å². The van der Waals surface area contributed by atoms with E-state index >= 15 is 0 Å². The molecule has 60 valence electrons. The number of aliphatic hydroxyl groups is 1. The van der Waals surface area contributed by atoms with Crippen LogP contribution in [0.1, 0.15) is 33.1 Å². The maximum Gasteiger partial charge on any atom is 0.0912 e. The molecule has 0 heterocycles. The molecule has 2 heteroatoms. The van der Waals surface area contributed by atoms with Crippen molar-refractivity contribution in [3.8, 4) is 0 Å². The highest BCUT2D eigenvalue weighted by atomic mass is 16.5. The molecule has 1 saturated carbocycles. The van der Waals surface area contributed by atoms with E-state index in [4.69, 9.17) is 4.74 Å². The summed E-state index contributed by atoms with van der Waals surface area (Å²) < 4.78 is 5.45. The van der Waals surface area contributed by atoms with Gasteiger partial charge in [0.1, 0.15) is 0 Å². The van der Waals surface area contributed by atoms with Crippen LogP contribution in [0.25, 0.3) is 0 Å². The monoisotopic (exact) mass is 144 g/mol. The van der Waals surface area contributed by atoms with Crippen LogP contribution in [-0.2, 0) is 4.74 Å². The Hall–Kier alpha value is -0.0800. The van der Waals surface area contributed by atoms with Crippen molar-refractivity contribution in [3.63, 3.8) is 0 Å². The third-order valence-electron chi connectivity index (χ3n) is 2.33. The summed E-state index contributed by atoms with van der Waals surface area (Å²) in [5, 5.41) is 9.45. The van der Waals surface area contributed by atoms with Gasteiger partial charge in [0.25, 0.3) is 0 Å². The maximum absolute atomic E-state index is 9.45. The Morgan fingerprint density at radius 1 is 1.70 bits per heavy atom. The first-order valence-electron chi connectivity index (χ1n) is 4.01. The minimum atomic E-state index is -0.243. The van der Waals surface area contributed by atoms with Crippen LogP contribution in [0.2, 0.25) is 0 Å². The quantitative estimate of drug-likeness (QED) is 0.633. The van der Waals surface area contributed by atoms with Gasteiger partial charge < -0.3 is 9.84 Å². The fraction of sp³-hybridized carbons (Fsp3) is 1.00. The molecule has 0 spiro atoms. The second-order valence-electron chi connectivity index (χ2n) is 3.15. The van der Waals surface area contributed by atoms with Crippen molar-refractivity contribution in [2.75, 3.05) is 6.61 Å². The van der Waals surface area contributed by atoms with E-state index in [-0.39, 0.29) is 11.7 Å². The molecule has 0 bridgehead atoms. The van der Waals surface area contributed by atoms with Crippen molar-refractivity contribution in [2.24, 2.45) is 0 Å². The highest BCUT2D eigenvalue weighted by Crippen LogP contribution is 2.32. The van der Waals surface area contributed by atoms with Crippen LogP contribution >= 0.6 is 0 Å². The van der Waals surface area contributed by atoms with Gasteiger partial charge in [-0.2, -0.15) is 0 Å². The van der Waals surface area contributed by atoms with E-state index in [1.165, 1.54) is 0 Å². The highest BCUT2D eigenvalue weighted by molar-refractivity contribution is 4.89. The van der Waals surface area contributed by atoms with E-state index in [1.807, 2.05) is 13.8 Å². The fourth-order valence-corrected chi connectivity index (χ4v) is 1.62. The molecule has 1 fully saturated rings. The average molecular weight is 144 g/mol. The van der Waals surface area contributed by atoms with Gasteiger partial charge in [-0.3, -0.25) is 0 Å². The van der Waals surface area contributed by atoms with Crippen LogP contribution in [0.5, 0.6) is 0 Å². The topological polar surface area (TPSA) is 29.5 Å². The Morgan fingerprint density at radius 2 is 2.40 bits per heavy atom. The predicted octanol–water partition coefficient (Wildman–Crippen LogP) is 1.33. The van der Waals surface area contributed by atoms with Gasteiger partial charge in [-0.1, -0.05) is 0 Å². The molecule has 1 aliphatic carbocycles. The van der Waals surface area contributed by atoms with E-state index in [0.717, 1.165) is 19.3 Å². The Morgan fingerprint density at radius 3 is 2.80 bits per heavy atom. The standard InChI is InChI=1S/C8H16O2/c1-3-10-8(2)6-4-5-7(8)9/h7,9H,3-6H2,1-2H3. The first kappa shape index (κ1) is 8.02. The molecule has 1 aliphatic rings. The predicted molar refractivity (Wildman–Crippen MR) is 39.9 cm³/mol. The van der Waals surface area contributed by atoms with E-state index in [9.17, 15) is 5.11 Å². The number of rotatable bonds is 2. The van der Waals surface area contributed by atoms with Gasteiger partial charge >= 0.3 is 0 Å². The number of hydrogen-bond acceptors (Lipinski definition) is 2. The second-order valence-corrected chi connectivity index (χ2v) is 3.15. The Kier molecular flexibility index (Phi) is 2.32. The van der Waals surface area contributed by atoms with Gasteiger partial charge in [0.2, 0.25) is 0 Å². The third-order valence-corrected chi connectivity index (χ3v) is 2.33. The molecule has 0 aromatic carbocycles. The SMILES string of the molecule is CCOC1(C)CCCC1O. The molecule has 0 saturated heterocycles. The van der Waals surface area contributed by atoms with Gasteiger partial charge in [-0.15, -0.1) is 0 Å². The summed E-state index contributed by atoms with van der Waals surface area (Å²) >= 11 is 0. The third kappa shape index (κ3) is 1.32.